The van der Waals surface area contributed by atoms with Crippen molar-refractivity contribution in [1.29, 1.82) is 0 Å². The number of nitrogens with zero attached hydrogens (tertiary/aromatic N) is 1. The summed E-state index contributed by atoms with van der Waals surface area (Å²) < 4.78 is 10.9. The van der Waals surface area contributed by atoms with Gasteiger partial charge in [-0.05, 0) is 66.6 Å². The van der Waals surface area contributed by atoms with Gasteiger partial charge >= 0.3 is 0 Å². The number of hydrogen-bond acceptors (Lipinski definition) is 3. The number of hydrogen-bond donors (Lipinski definition) is 0. The number of aryl methyl sites for hydroxylation is 1. The first-order chi connectivity index (χ1) is 12.2. The van der Waals surface area contributed by atoms with E-state index in [1.807, 2.05) is 18.3 Å². The molecule has 0 N–H and O–H groups in total. The van der Waals surface area contributed by atoms with Gasteiger partial charge in [-0.3, -0.25) is 4.99 Å². The standard InChI is InChI=1S/C22H29NO2/c1-18-8-9-20(16-21(18)17-23-2)19-10-12-22(13-11-19)25-15-7-5-4-6-14-24-3/h8-13,16-17H,4-7,14-15H2,1-3H3. The van der Waals surface area contributed by atoms with E-state index < -0.39 is 0 Å². The van der Waals surface area contributed by atoms with E-state index in [2.05, 4.69) is 42.2 Å². The molecule has 2 aromatic carbocycles. The lowest BCUT2D eigenvalue weighted by molar-refractivity contribution is 0.191. The Bertz CT molecular complexity index is 662. The average Bonchev–Trinajstić information content (AvgIpc) is 2.63. The second-order valence-corrected chi connectivity index (χ2v) is 6.24. The second kappa shape index (κ2) is 10.7. The van der Waals surface area contributed by atoms with Crippen LogP contribution in [0.1, 0.15) is 36.8 Å². The van der Waals surface area contributed by atoms with Crippen molar-refractivity contribution in [3.05, 3.63) is 53.6 Å². The van der Waals surface area contributed by atoms with Crippen LogP contribution in [0.2, 0.25) is 0 Å². The van der Waals surface area contributed by atoms with E-state index >= 15 is 0 Å². The minimum atomic E-state index is 0.772. The third-order valence-electron chi connectivity index (χ3n) is 4.25. The fourth-order valence-corrected chi connectivity index (χ4v) is 2.73. The number of methoxy groups -OCH3 is 1. The first-order valence-corrected chi connectivity index (χ1v) is 8.99. The molecule has 0 unspecified atom stereocenters. The summed E-state index contributed by atoms with van der Waals surface area (Å²) in [6, 6.07) is 14.8. The van der Waals surface area contributed by atoms with Crippen molar-refractivity contribution in [1.82, 2.24) is 0 Å². The molecule has 0 atom stereocenters. The van der Waals surface area contributed by atoms with Gasteiger partial charge in [0.25, 0.3) is 0 Å². The minimum absolute atomic E-state index is 0.772. The number of unbranched alkanes of at least 4 members (excludes halogenated alkanes) is 3. The lowest BCUT2D eigenvalue weighted by Crippen LogP contribution is -1.98. The molecule has 0 radical (unpaired) electrons. The van der Waals surface area contributed by atoms with Gasteiger partial charge < -0.3 is 9.47 Å². The van der Waals surface area contributed by atoms with Crippen molar-refractivity contribution < 1.29 is 9.47 Å². The number of benzene rings is 2. The van der Waals surface area contributed by atoms with Crippen molar-refractivity contribution in [2.45, 2.75) is 32.6 Å². The van der Waals surface area contributed by atoms with Crippen LogP contribution in [0, 0.1) is 6.92 Å². The Morgan fingerprint density at radius 3 is 2.24 bits per heavy atom. The molecule has 2 aromatic rings. The van der Waals surface area contributed by atoms with E-state index in [1.54, 1.807) is 14.2 Å². The summed E-state index contributed by atoms with van der Waals surface area (Å²) in [4.78, 5) is 4.13. The highest BCUT2D eigenvalue weighted by molar-refractivity contribution is 5.84. The minimum Gasteiger partial charge on any atom is -0.494 e. The third-order valence-corrected chi connectivity index (χ3v) is 4.25. The molecule has 2 rings (SSSR count). The molecule has 0 bridgehead atoms. The van der Waals surface area contributed by atoms with Gasteiger partial charge in [-0.25, -0.2) is 0 Å². The molecule has 3 nitrogen and oxygen atoms in total. The predicted octanol–water partition coefficient (Wildman–Crippen LogP) is 5.30. The Morgan fingerprint density at radius 1 is 0.880 bits per heavy atom. The first kappa shape index (κ1) is 19.2. The predicted molar refractivity (Wildman–Crippen MR) is 106 cm³/mol. The summed E-state index contributed by atoms with van der Waals surface area (Å²) in [5, 5.41) is 0. The highest BCUT2D eigenvalue weighted by atomic mass is 16.5. The Labute approximate surface area is 151 Å². The lowest BCUT2D eigenvalue weighted by Gasteiger charge is -2.09. The summed E-state index contributed by atoms with van der Waals surface area (Å²) in [5.74, 6) is 0.933. The van der Waals surface area contributed by atoms with E-state index in [9.17, 15) is 0 Å². The highest BCUT2D eigenvalue weighted by Crippen LogP contribution is 2.24. The molecule has 0 heterocycles. The average molecular weight is 339 g/mol. The summed E-state index contributed by atoms with van der Waals surface area (Å²) >= 11 is 0. The number of aliphatic imine (C=N–C) groups is 1. The van der Waals surface area contributed by atoms with Crippen molar-refractivity contribution in [2.24, 2.45) is 4.99 Å². The van der Waals surface area contributed by atoms with Crippen LogP contribution < -0.4 is 4.74 Å². The topological polar surface area (TPSA) is 30.8 Å². The van der Waals surface area contributed by atoms with Crippen molar-refractivity contribution in [3.63, 3.8) is 0 Å². The van der Waals surface area contributed by atoms with Crippen LogP contribution in [0.4, 0.5) is 0 Å². The van der Waals surface area contributed by atoms with E-state index in [0.29, 0.717) is 0 Å². The molecule has 3 heteroatoms. The maximum Gasteiger partial charge on any atom is 0.119 e. The quantitative estimate of drug-likeness (QED) is 0.434. The Kier molecular flexibility index (Phi) is 8.20. The molecule has 0 fully saturated rings. The van der Waals surface area contributed by atoms with Crippen LogP contribution in [0.25, 0.3) is 11.1 Å². The number of ether oxygens (including phenoxy) is 2. The van der Waals surface area contributed by atoms with Gasteiger partial charge in [0.15, 0.2) is 0 Å². The normalized spacial score (nSPS) is 11.2. The van der Waals surface area contributed by atoms with Gasteiger partial charge in [-0.15, -0.1) is 0 Å². The molecular formula is C22H29NO2. The first-order valence-electron chi connectivity index (χ1n) is 8.99. The smallest absolute Gasteiger partial charge is 0.119 e. The molecule has 0 aliphatic rings. The Balaban J connectivity index is 1.86. The van der Waals surface area contributed by atoms with Gasteiger partial charge in [-0.2, -0.15) is 0 Å². The van der Waals surface area contributed by atoms with Crippen LogP contribution in [-0.2, 0) is 4.74 Å². The molecule has 0 aliphatic carbocycles. The van der Waals surface area contributed by atoms with Gasteiger partial charge in [-0.1, -0.05) is 30.7 Å². The molecule has 134 valence electrons. The van der Waals surface area contributed by atoms with Gasteiger partial charge in [0.1, 0.15) is 5.75 Å². The summed E-state index contributed by atoms with van der Waals surface area (Å²) in [5.41, 5.74) is 4.79. The zero-order valence-electron chi connectivity index (χ0n) is 15.6. The van der Waals surface area contributed by atoms with Gasteiger partial charge in [0.05, 0.1) is 6.61 Å². The monoisotopic (exact) mass is 339 g/mol. The maximum absolute atomic E-state index is 5.83. The van der Waals surface area contributed by atoms with Crippen LogP contribution in [-0.4, -0.2) is 33.6 Å². The van der Waals surface area contributed by atoms with Crippen LogP contribution in [0.15, 0.2) is 47.5 Å². The molecular weight excluding hydrogens is 310 g/mol. The van der Waals surface area contributed by atoms with E-state index in [-0.39, 0.29) is 0 Å². The lowest BCUT2D eigenvalue weighted by atomic mass is 10.0. The molecule has 0 aromatic heterocycles. The maximum atomic E-state index is 5.83. The Hall–Kier alpha value is -2.13. The fraction of sp³-hybridized carbons (Fsp3) is 0.409. The summed E-state index contributed by atoms with van der Waals surface area (Å²) in [7, 11) is 3.55. The Morgan fingerprint density at radius 2 is 1.56 bits per heavy atom. The molecule has 0 spiro atoms. The largest absolute Gasteiger partial charge is 0.494 e. The fourth-order valence-electron chi connectivity index (χ4n) is 2.73. The molecule has 25 heavy (non-hydrogen) atoms. The third kappa shape index (κ3) is 6.35. The van der Waals surface area contributed by atoms with Crippen molar-refractivity contribution >= 4 is 6.21 Å². The zero-order valence-corrected chi connectivity index (χ0v) is 15.6. The van der Waals surface area contributed by atoms with Crippen LogP contribution >= 0.6 is 0 Å². The highest BCUT2D eigenvalue weighted by Gasteiger charge is 2.02. The number of rotatable bonds is 10. The SMILES string of the molecule is CN=Cc1cc(-c2ccc(OCCCCCCOC)cc2)ccc1C. The zero-order chi connectivity index (χ0) is 17.9. The summed E-state index contributed by atoms with van der Waals surface area (Å²) in [6.45, 7) is 3.73. The second-order valence-electron chi connectivity index (χ2n) is 6.24. The molecule has 0 saturated carbocycles. The van der Waals surface area contributed by atoms with Crippen molar-refractivity contribution in [3.8, 4) is 16.9 Å². The molecule has 0 amide bonds. The van der Waals surface area contributed by atoms with Gasteiger partial charge in [0.2, 0.25) is 0 Å². The van der Waals surface area contributed by atoms with E-state index in [1.165, 1.54) is 29.5 Å². The molecule has 0 saturated heterocycles. The van der Waals surface area contributed by atoms with Crippen LogP contribution in [0.5, 0.6) is 5.75 Å². The van der Waals surface area contributed by atoms with Gasteiger partial charge in [0, 0.05) is 27.0 Å². The summed E-state index contributed by atoms with van der Waals surface area (Å²) in [6.07, 6.45) is 6.51. The molecule has 0 aliphatic heterocycles. The van der Waals surface area contributed by atoms with Crippen molar-refractivity contribution in [2.75, 3.05) is 27.4 Å². The van der Waals surface area contributed by atoms with E-state index in [4.69, 9.17) is 9.47 Å². The van der Waals surface area contributed by atoms with Crippen LogP contribution in [0.3, 0.4) is 0 Å². The van der Waals surface area contributed by atoms with E-state index in [0.717, 1.165) is 37.4 Å².